The normalized spacial score (nSPS) is 14.9. The van der Waals surface area contributed by atoms with E-state index in [0.717, 1.165) is 12.1 Å². The third kappa shape index (κ3) is 3.34. The Bertz CT molecular complexity index is 439. The summed E-state index contributed by atoms with van der Waals surface area (Å²) in [6.07, 6.45) is 1.69. The van der Waals surface area contributed by atoms with Crippen molar-refractivity contribution in [2.24, 2.45) is 0 Å². The van der Waals surface area contributed by atoms with Crippen LogP contribution in [-0.2, 0) is 17.3 Å². The van der Waals surface area contributed by atoms with Crippen LogP contribution >= 0.6 is 11.6 Å². The third-order valence-corrected chi connectivity index (χ3v) is 3.44. The summed E-state index contributed by atoms with van der Waals surface area (Å²) in [6.45, 7) is 1.61. The molecular weight excluding hydrogens is 262 g/mol. The lowest BCUT2D eigenvalue weighted by Crippen LogP contribution is -2.19. The number of fused-ring (bicyclic) bond motifs is 1. The van der Waals surface area contributed by atoms with Crippen LogP contribution in [0, 0.1) is 0 Å². The lowest BCUT2D eigenvalue weighted by Gasteiger charge is -2.06. The van der Waals surface area contributed by atoms with E-state index in [9.17, 15) is 4.21 Å². The largest absolute Gasteiger partial charge is 0.454 e. The van der Waals surface area contributed by atoms with Gasteiger partial charge in [-0.2, -0.15) is 0 Å². The van der Waals surface area contributed by atoms with Crippen molar-refractivity contribution in [2.75, 3.05) is 25.3 Å². The molecule has 1 atom stereocenters. The Labute approximate surface area is 108 Å². The van der Waals surface area contributed by atoms with Crippen molar-refractivity contribution < 1.29 is 13.7 Å². The number of benzene rings is 1. The van der Waals surface area contributed by atoms with Crippen LogP contribution in [0.25, 0.3) is 0 Å². The first kappa shape index (κ1) is 12.7. The van der Waals surface area contributed by atoms with Crippen LogP contribution in [0.1, 0.15) is 5.56 Å². The Morgan fingerprint density at radius 3 is 3.06 bits per heavy atom. The average molecular weight is 276 g/mol. The minimum atomic E-state index is -0.761. The zero-order chi connectivity index (χ0) is 12.3. The molecule has 17 heavy (non-hydrogen) atoms. The van der Waals surface area contributed by atoms with Crippen LogP contribution in [-0.4, -0.2) is 29.6 Å². The van der Waals surface area contributed by atoms with Gasteiger partial charge in [-0.1, -0.05) is 11.6 Å². The molecule has 1 unspecified atom stereocenters. The van der Waals surface area contributed by atoms with Crippen molar-refractivity contribution in [1.82, 2.24) is 5.32 Å². The smallest absolute Gasteiger partial charge is 0.231 e. The van der Waals surface area contributed by atoms with Crippen LogP contribution < -0.4 is 14.8 Å². The predicted octanol–water partition coefficient (Wildman–Crippen LogP) is 1.54. The van der Waals surface area contributed by atoms with Gasteiger partial charge in [-0.25, -0.2) is 0 Å². The van der Waals surface area contributed by atoms with E-state index in [1.54, 1.807) is 6.26 Å². The SMILES string of the molecule is CS(=O)CCNCc1cc(Cl)c2c(c1)OCO2. The molecule has 0 amide bonds. The number of halogens is 1. The highest BCUT2D eigenvalue weighted by Crippen LogP contribution is 2.39. The van der Waals surface area contributed by atoms with Gasteiger partial charge in [0.05, 0.1) is 5.02 Å². The quantitative estimate of drug-likeness (QED) is 0.828. The van der Waals surface area contributed by atoms with Gasteiger partial charge in [0.2, 0.25) is 6.79 Å². The molecule has 6 heteroatoms. The fraction of sp³-hybridized carbons (Fsp3) is 0.455. The Balaban J connectivity index is 1.93. The summed E-state index contributed by atoms with van der Waals surface area (Å²) in [4.78, 5) is 0. The van der Waals surface area contributed by atoms with Gasteiger partial charge in [0.15, 0.2) is 11.5 Å². The van der Waals surface area contributed by atoms with Crippen molar-refractivity contribution in [3.05, 3.63) is 22.7 Å². The van der Waals surface area contributed by atoms with E-state index >= 15 is 0 Å². The highest BCUT2D eigenvalue weighted by Gasteiger charge is 2.17. The van der Waals surface area contributed by atoms with E-state index in [0.29, 0.717) is 28.8 Å². The Kier molecular flexibility index (Phi) is 4.25. The second kappa shape index (κ2) is 5.71. The Hall–Kier alpha value is -0.780. The van der Waals surface area contributed by atoms with E-state index in [1.165, 1.54) is 0 Å². The molecule has 0 saturated heterocycles. The number of hydrogen-bond donors (Lipinski definition) is 1. The first-order chi connectivity index (χ1) is 8.16. The Morgan fingerprint density at radius 2 is 2.29 bits per heavy atom. The number of rotatable bonds is 5. The molecule has 1 aliphatic rings. The lowest BCUT2D eigenvalue weighted by molar-refractivity contribution is 0.174. The van der Waals surface area contributed by atoms with Crippen LogP contribution in [0.15, 0.2) is 12.1 Å². The van der Waals surface area contributed by atoms with Crippen molar-refractivity contribution >= 4 is 22.4 Å². The maximum absolute atomic E-state index is 10.9. The van der Waals surface area contributed by atoms with Crippen LogP contribution in [0.4, 0.5) is 0 Å². The molecule has 1 aromatic carbocycles. The summed E-state index contributed by atoms with van der Waals surface area (Å²) in [5, 5.41) is 3.77. The molecule has 0 fully saturated rings. The number of ether oxygens (including phenoxy) is 2. The van der Waals surface area contributed by atoms with Gasteiger partial charge in [-0.05, 0) is 17.7 Å². The zero-order valence-corrected chi connectivity index (χ0v) is 11.1. The molecular formula is C11H14ClNO3S. The Morgan fingerprint density at radius 1 is 1.47 bits per heavy atom. The number of nitrogens with one attached hydrogen (secondary N) is 1. The molecule has 0 saturated carbocycles. The van der Waals surface area contributed by atoms with Gasteiger partial charge in [-0.3, -0.25) is 4.21 Å². The van der Waals surface area contributed by atoms with Crippen molar-refractivity contribution in [1.29, 1.82) is 0 Å². The second-order valence-electron chi connectivity index (χ2n) is 3.77. The topological polar surface area (TPSA) is 47.6 Å². The molecule has 0 bridgehead atoms. The summed E-state index contributed by atoms with van der Waals surface area (Å²) in [6, 6.07) is 3.76. The lowest BCUT2D eigenvalue weighted by atomic mass is 10.2. The number of hydrogen-bond acceptors (Lipinski definition) is 4. The molecule has 1 aromatic rings. The molecule has 0 spiro atoms. The van der Waals surface area contributed by atoms with E-state index in [1.807, 2.05) is 12.1 Å². The predicted molar refractivity (Wildman–Crippen MR) is 68.2 cm³/mol. The van der Waals surface area contributed by atoms with Crippen LogP contribution in [0.2, 0.25) is 5.02 Å². The zero-order valence-electron chi connectivity index (χ0n) is 9.49. The first-order valence-corrected chi connectivity index (χ1v) is 7.36. The maximum Gasteiger partial charge on any atom is 0.231 e. The third-order valence-electron chi connectivity index (χ3n) is 2.38. The summed E-state index contributed by atoms with van der Waals surface area (Å²) in [5.74, 6) is 1.96. The highest BCUT2D eigenvalue weighted by molar-refractivity contribution is 7.84. The molecule has 0 radical (unpaired) electrons. The summed E-state index contributed by atoms with van der Waals surface area (Å²) in [5.41, 5.74) is 1.03. The van der Waals surface area contributed by atoms with E-state index < -0.39 is 10.8 Å². The van der Waals surface area contributed by atoms with E-state index in [-0.39, 0.29) is 6.79 Å². The second-order valence-corrected chi connectivity index (χ2v) is 5.73. The summed E-state index contributed by atoms with van der Waals surface area (Å²) >= 11 is 6.06. The molecule has 1 aliphatic heterocycles. The maximum atomic E-state index is 10.9. The van der Waals surface area contributed by atoms with Gasteiger partial charge in [0, 0.05) is 35.9 Å². The molecule has 94 valence electrons. The standard InChI is InChI=1S/C11H14ClNO3S/c1-17(14)3-2-13-6-8-4-9(12)11-10(5-8)15-7-16-11/h4-5,13H,2-3,6-7H2,1H3. The van der Waals surface area contributed by atoms with Gasteiger partial charge in [0.1, 0.15) is 0 Å². The molecule has 2 rings (SSSR count). The van der Waals surface area contributed by atoms with Crippen molar-refractivity contribution in [2.45, 2.75) is 6.54 Å². The van der Waals surface area contributed by atoms with E-state index in [2.05, 4.69) is 5.32 Å². The minimum absolute atomic E-state index is 0.223. The molecule has 1 heterocycles. The van der Waals surface area contributed by atoms with Gasteiger partial charge < -0.3 is 14.8 Å². The molecule has 1 N–H and O–H groups in total. The molecule has 4 nitrogen and oxygen atoms in total. The minimum Gasteiger partial charge on any atom is -0.454 e. The van der Waals surface area contributed by atoms with Crippen LogP contribution in [0.3, 0.4) is 0 Å². The van der Waals surface area contributed by atoms with Crippen molar-refractivity contribution in [3.63, 3.8) is 0 Å². The summed E-state index contributed by atoms with van der Waals surface area (Å²) in [7, 11) is -0.761. The van der Waals surface area contributed by atoms with Gasteiger partial charge in [-0.15, -0.1) is 0 Å². The van der Waals surface area contributed by atoms with Gasteiger partial charge in [0.25, 0.3) is 0 Å². The highest BCUT2D eigenvalue weighted by atomic mass is 35.5. The molecule has 0 aromatic heterocycles. The van der Waals surface area contributed by atoms with Crippen LogP contribution in [0.5, 0.6) is 11.5 Å². The fourth-order valence-corrected chi connectivity index (χ4v) is 2.29. The summed E-state index contributed by atoms with van der Waals surface area (Å²) < 4.78 is 21.4. The van der Waals surface area contributed by atoms with Gasteiger partial charge >= 0.3 is 0 Å². The fourth-order valence-electron chi connectivity index (χ4n) is 1.57. The average Bonchev–Trinajstić information content (AvgIpc) is 2.72. The molecule has 0 aliphatic carbocycles. The van der Waals surface area contributed by atoms with E-state index in [4.69, 9.17) is 21.1 Å². The van der Waals surface area contributed by atoms with Crippen molar-refractivity contribution in [3.8, 4) is 11.5 Å². The monoisotopic (exact) mass is 275 g/mol. The first-order valence-electron chi connectivity index (χ1n) is 5.25.